The summed E-state index contributed by atoms with van der Waals surface area (Å²) in [5.74, 6) is 0.137. The van der Waals surface area contributed by atoms with E-state index in [0.717, 1.165) is 50.4 Å². The van der Waals surface area contributed by atoms with Crippen molar-refractivity contribution in [2.24, 2.45) is 0 Å². The van der Waals surface area contributed by atoms with Gasteiger partial charge in [0, 0.05) is 61.8 Å². The van der Waals surface area contributed by atoms with E-state index in [2.05, 4.69) is 29.0 Å². The summed E-state index contributed by atoms with van der Waals surface area (Å²) in [6.45, 7) is 9.44. The summed E-state index contributed by atoms with van der Waals surface area (Å²) in [6, 6.07) is 0.526. The third kappa shape index (κ3) is 3.32. The van der Waals surface area contributed by atoms with E-state index in [4.69, 9.17) is 0 Å². The molecule has 5 rings (SSSR count). The van der Waals surface area contributed by atoms with Gasteiger partial charge in [0.1, 0.15) is 0 Å². The Kier molecular flexibility index (Phi) is 4.83. The quantitative estimate of drug-likeness (QED) is 0.707. The van der Waals surface area contributed by atoms with Crippen LogP contribution in [0.25, 0.3) is 0 Å². The highest BCUT2D eigenvalue weighted by Gasteiger charge is 2.43. The Labute approximate surface area is 183 Å². The van der Waals surface area contributed by atoms with Crippen molar-refractivity contribution in [3.05, 3.63) is 35.7 Å². The molecule has 8 heteroatoms. The fourth-order valence-corrected chi connectivity index (χ4v) is 5.98. The zero-order valence-electron chi connectivity index (χ0n) is 18.5. The van der Waals surface area contributed by atoms with E-state index in [1.54, 1.807) is 18.2 Å². The summed E-state index contributed by atoms with van der Waals surface area (Å²) < 4.78 is 0. The molecular formula is C23H31N5O3. The lowest BCUT2D eigenvalue weighted by molar-refractivity contribution is -0.128. The summed E-state index contributed by atoms with van der Waals surface area (Å²) in [7, 11) is 0. The molecular weight excluding hydrogens is 394 g/mol. The van der Waals surface area contributed by atoms with Gasteiger partial charge in [0.2, 0.25) is 17.7 Å². The summed E-state index contributed by atoms with van der Waals surface area (Å²) in [6.07, 6.45) is 8.95. The average molecular weight is 426 g/mol. The highest BCUT2D eigenvalue weighted by molar-refractivity contribution is 5.93. The van der Waals surface area contributed by atoms with Gasteiger partial charge in [0.05, 0.1) is 24.2 Å². The van der Waals surface area contributed by atoms with E-state index in [0.29, 0.717) is 0 Å². The first kappa shape index (κ1) is 20.2. The first-order valence-electron chi connectivity index (χ1n) is 11.4. The predicted octanol–water partition coefficient (Wildman–Crippen LogP) is 0.439. The molecule has 1 N–H and O–H groups in total. The van der Waals surface area contributed by atoms with Gasteiger partial charge in [0.15, 0.2) is 0 Å². The molecule has 0 aliphatic carbocycles. The van der Waals surface area contributed by atoms with Crippen molar-refractivity contribution >= 4 is 17.7 Å². The third-order valence-electron chi connectivity index (χ3n) is 7.51. The predicted molar refractivity (Wildman–Crippen MR) is 115 cm³/mol. The van der Waals surface area contributed by atoms with Crippen LogP contribution in [0.5, 0.6) is 0 Å². The Hall–Kier alpha value is -2.77. The van der Waals surface area contributed by atoms with E-state index in [1.165, 1.54) is 0 Å². The first-order chi connectivity index (χ1) is 14.8. The second-order valence-corrected chi connectivity index (χ2v) is 9.41. The second kappa shape index (κ2) is 7.43. The molecule has 5 unspecified atom stereocenters. The van der Waals surface area contributed by atoms with Crippen LogP contribution in [0, 0.1) is 0 Å². The van der Waals surface area contributed by atoms with Crippen molar-refractivity contribution in [3.8, 4) is 0 Å². The number of likely N-dealkylation sites (tertiary alicyclic amines) is 2. The van der Waals surface area contributed by atoms with Gasteiger partial charge >= 0.3 is 0 Å². The molecule has 5 aliphatic heterocycles. The molecule has 0 aromatic carbocycles. The average Bonchev–Trinajstić information content (AvgIpc) is 3.50. The Morgan fingerprint density at radius 3 is 2.06 bits per heavy atom. The van der Waals surface area contributed by atoms with Gasteiger partial charge in [-0.25, -0.2) is 0 Å². The highest BCUT2D eigenvalue weighted by Crippen LogP contribution is 2.33. The van der Waals surface area contributed by atoms with Crippen LogP contribution >= 0.6 is 0 Å². The molecule has 0 saturated carbocycles. The Bertz CT molecular complexity index is 909. The van der Waals surface area contributed by atoms with Crippen LogP contribution in [0.4, 0.5) is 0 Å². The van der Waals surface area contributed by atoms with Crippen LogP contribution in [0.15, 0.2) is 35.7 Å². The normalized spacial score (nSPS) is 35.6. The first-order valence-corrected chi connectivity index (χ1v) is 11.4. The fraction of sp³-hybridized carbons (Fsp3) is 0.609. The lowest BCUT2D eigenvalue weighted by Crippen LogP contribution is -2.46. The Balaban J connectivity index is 1.24. The molecule has 166 valence electrons. The summed E-state index contributed by atoms with van der Waals surface area (Å²) in [5.41, 5.74) is 2.10. The smallest absolute Gasteiger partial charge is 0.249 e. The van der Waals surface area contributed by atoms with Crippen LogP contribution < -0.4 is 5.32 Å². The molecule has 0 radical (unpaired) electrons. The minimum Gasteiger partial charge on any atom is -0.371 e. The lowest BCUT2D eigenvalue weighted by Gasteiger charge is -2.34. The van der Waals surface area contributed by atoms with Crippen molar-refractivity contribution in [1.29, 1.82) is 0 Å². The number of amides is 3. The number of carbonyl (C=O) groups is 3. The van der Waals surface area contributed by atoms with Gasteiger partial charge in [0.25, 0.3) is 0 Å². The van der Waals surface area contributed by atoms with Crippen LogP contribution in [0.3, 0.4) is 0 Å². The minimum absolute atomic E-state index is 0.0239. The Morgan fingerprint density at radius 2 is 1.48 bits per heavy atom. The maximum Gasteiger partial charge on any atom is 0.249 e. The standard InChI is InChI=1S/C23H31N5O3/c1-14-4-5-22(30)27(14)17-6-9-26(12-17)20-11-23(31)28(16(20)3)18-7-8-25(13-18)19-10-21(29)24-15(19)2/h4-5,10-11,14-18H,6-9,12-13H2,1-3H3,(H,24,29). The lowest BCUT2D eigenvalue weighted by atomic mass is 10.1. The van der Waals surface area contributed by atoms with Crippen LogP contribution in [-0.4, -0.2) is 93.7 Å². The molecule has 2 fully saturated rings. The maximum absolute atomic E-state index is 13.0. The fourth-order valence-electron chi connectivity index (χ4n) is 5.98. The van der Waals surface area contributed by atoms with Crippen molar-refractivity contribution in [3.63, 3.8) is 0 Å². The molecule has 0 bridgehead atoms. The van der Waals surface area contributed by atoms with E-state index in [-0.39, 0.29) is 47.9 Å². The van der Waals surface area contributed by atoms with Crippen molar-refractivity contribution in [2.75, 3.05) is 26.2 Å². The number of hydrogen-bond acceptors (Lipinski definition) is 5. The zero-order chi connectivity index (χ0) is 21.9. The number of nitrogens with one attached hydrogen (secondary N) is 1. The number of rotatable bonds is 4. The minimum atomic E-state index is -0.0369. The molecule has 0 aromatic rings. The van der Waals surface area contributed by atoms with Gasteiger partial charge in [-0.2, -0.15) is 0 Å². The van der Waals surface area contributed by atoms with Crippen molar-refractivity contribution < 1.29 is 14.4 Å². The SMILES string of the molecule is CC1NC(=O)C=C1N1CCC(N2C(=O)C=C(N3CCC(N4C(=O)C=CC4C)C3)C2C)C1. The highest BCUT2D eigenvalue weighted by atomic mass is 16.2. The summed E-state index contributed by atoms with van der Waals surface area (Å²) >= 11 is 0. The second-order valence-electron chi connectivity index (χ2n) is 9.41. The third-order valence-corrected chi connectivity index (χ3v) is 7.51. The van der Waals surface area contributed by atoms with E-state index in [1.807, 2.05) is 22.8 Å². The van der Waals surface area contributed by atoms with Gasteiger partial charge in [-0.3, -0.25) is 14.4 Å². The van der Waals surface area contributed by atoms with Crippen LogP contribution in [0.1, 0.15) is 33.6 Å². The molecule has 5 heterocycles. The van der Waals surface area contributed by atoms with Crippen molar-refractivity contribution in [1.82, 2.24) is 24.9 Å². The molecule has 5 atom stereocenters. The van der Waals surface area contributed by atoms with Gasteiger partial charge in [-0.1, -0.05) is 6.08 Å². The number of nitrogens with zero attached hydrogens (tertiary/aromatic N) is 4. The maximum atomic E-state index is 13.0. The summed E-state index contributed by atoms with van der Waals surface area (Å²) in [5, 5.41) is 2.92. The number of hydrogen-bond donors (Lipinski definition) is 1. The largest absolute Gasteiger partial charge is 0.371 e. The molecule has 0 aromatic heterocycles. The van der Waals surface area contributed by atoms with Gasteiger partial charge in [-0.05, 0) is 33.6 Å². The molecule has 2 saturated heterocycles. The van der Waals surface area contributed by atoms with Gasteiger partial charge in [-0.15, -0.1) is 0 Å². The van der Waals surface area contributed by atoms with E-state index >= 15 is 0 Å². The van der Waals surface area contributed by atoms with Crippen LogP contribution in [0.2, 0.25) is 0 Å². The number of carbonyl (C=O) groups excluding carboxylic acids is 3. The van der Waals surface area contributed by atoms with Gasteiger partial charge < -0.3 is 24.9 Å². The molecule has 3 amide bonds. The van der Waals surface area contributed by atoms with Crippen molar-refractivity contribution in [2.45, 2.75) is 63.8 Å². The summed E-state index contributed by atoms with van der Waals surface area (Å²) in [4.78, 5) is 45.4. The monoisotopic (exact) mass is 425 g/mol. The molecule has 31 heavy (non-hydrogen) atoms. The van der Waals surface area contributed by atoms with Crippen LogP contribution in [-0.2, 0) is 14.4 Å². The molecule has 0 spiro atoms. The zero-order valence-corrected chi connectivity index (χ0v) is 18.5. The Morgan fingerprint density at radius 1 is 0.839 bits per heavy atom. The molecule has 5 aliphatic rings. The molecule has 8 nitrogen and oxygen atoms in total. The van der Waals surface area contributed by atoms with E-state index < -0.39 is 0 Å². The topological polar surface area (TPSA) is 76.2 Å². The van der Waals surface area contributed by atoms with E-state index in [9.17, 15) is 14.4 Å².